The minimum absolute atomic E-state index is 0.00303. The molecule has 0 aliphatic rings. The van der Waals surface area contributed by atoms with Crippen molar-refractivity contribution in [1.82, 2.24) is 0 Å². The Kier molecular flexibility index (Phi) is 6.24. The summed E-state index contributed by atoms with van der Waals surface area (Å²) >= 11 is 6.54. The van der Waals surface area contributed by atoms with Crippen LogP contribution in [0, 0.1) is 0 Å². The van der Waals surface area contributed by atoms with Gasteiger partial charge in [0.05, 0.1) is 5.56 Å². The molecule has 0 fully saturated rings. The van der Waals surface area contributed by atoms with Gasteiger partial charge in [0.1, 0.15) is 13.2 Å². The number of rotatable bonds is 5. The molecule has 0 unspecified atom stereocenters. The lowest BCUT2D eigenvalue weighted by atomic mass is 10.2. The average Bonchev–Trinajstić information content (AvgIpc) is 2.36. The summed E-state index contributed by atoms with van der Waals surface area (Å²) in [4.78, 5) is 22.8. The van der Waals surface area contributed by atoms with Crippen molar-refractivity contribution in [2.75, 3.05) is 13.2 Å². The molecule has 0 amide bonds. The minimum Gasteiger partial charge on any atom is -0.459 e. The fraction of sp³-hybridized carbons (Fsp3) is 0.231. The van der Waals surface area contributed by atoms with E-state index in [1.165, 1.54) is 0 Å². The molecular weight excluding hydrogens is 380 g/mol. The topological polar surface area (TPSA) is 52.6 Å². The number of halogens is 2. The number of hydrogen-bond acceptors (Lipinski definition) is 4. The molecule has 0 aliphatic heterocycles. The third kappa shape index (κ3) is 5.16. The first-order valence-electron chi connectivity index (χ1n) is 5.36. The zero-order chi connectivity index (χ0) is 14.4. The van der Waals surface area contributed by atoms with Crippen molar-refractivity contribution in [3.63, 3.8) is 0 Å². The van der Waals surface area contributed by atoms with Crippen molar-refractivity contribution < 1.29 is 19.1 Å². The molecule has 0 saturated carbocycles. The lowest BCUT2D eigenvalue weighted by molar-refractivity contribution is -0.140. The Morgan fingerprint density at radius 3 is 2.47 bits per heavy atom. The molecule has 0 heterocycles. The maximum absolute atomic E-state index is 11.8. The van der Waals surface area contributed by atoms with Crippen LogP contribution in [0.4, 0.5) is 0 Å². The summed E-state index contributed by atoms with van der Waals surface area (Å²) < 4.78 is 11.2. The van der Waals surface area contributed by atoms with Crippen LogP contribution < -0.4 is 0 Å². The van der Waals surface area contributed by atoms with E-state index in [-0.39, 0.29) is 13.2 Å². The van der Waals surface area contributed by atoms with Gasteiger partial charge < -0.3 is 9.47 Å². The Balaban J connectivity index is 2.46. The summed E-state index contributed by atoms with van der Waals surface area (Å²) in [5.74, 6) is -0.987. The first kappa shape index (κ1) is 15.9. The summed E-state index contributed by atoms with van der Waals surface area (Å²) in [6, 6.07) is 5.18. The highest BCUT2D eigenvalue weighted by Crippen LogP contribution is 2.22. The molecule has 6 heteroatoms. The van der Waals surface area contributed by atoms with Gasteiger partial charge in [0.25, 0.3) is 0 Å². The smallest absolute Gasteiger partial charge is 0.339 e. The monoisotopic (exact) mass is 390 g/mol. The van der Waals surface area contributed by atoms with Crippen molar-refractivity contribution in [3.05, 3.63) is 44.9 Å². The van der Waals surface area contributed by atoms with Gasteiger partial charge in [0.15, 0.2) is 0 Å². The van der Waals surface area contributed by atoms with Crippen LogP contribution in [0.3, 0.4) is 0 Å². The van der Waals surface area contributed by atoms with Crippen molar-refractivity contribution >= 4 is 43.8 Å². The summed E-state index contributed by atoms with van der Waals surface area (Å²) in [6.45, 7) is 4.99. The number of benzene rings is 1. The van der Waals surface area contributed by atoms with E-state index in [9.17, 15) is 9.59 Å². The summed E-state index contributed by atoms with van der Waals surface area (Å²) in [6.07, 6.45) is 0. The highest BCUT2D eigenvalue weighted by atomic mass is 79.9. The third-order valence-corrected chi connectivity index (χ3v) is 3.23. The number of hydrogen-bond donors (Lipinski definition) is 0. The lowest BCUT2D eigenvalue weighted by Crippen LogP contribution is -2.14. The Hall–Kier alpha value is -1.14. The van der Waals surface area contributed by atoms with Gasteiger partial charge in [-0.15, -0.1) is 0 Å². The molecule has 0 aromatic heterocycles. The average molecular weight is 392 g/mol. The van der Waals surface area contributed by atoms with E-state index in [4.69, 9.17) is 9.47 Å². The molecule has 0 atom stereocenters. The largest absolute Gasteiger partial charge is 0.459 e. The molecule has 0 aliphatic carbocycles. The molecule has 19 heavy (non-hydrogen) atoms. The molecule has 1 aromatic rings. The molecule has 0 spiro atoms. The van der Waals surface area contributed by atoms with Crippen molar-refractivity contribution in [1.29, 1.82) is 0 Å². The standard InChI is InChI=1S/C13H12Br2O4/c1-8(2)12(16)18-5-6-19-13(17)10-7-9(14)3-4-11(10)15/h3-4,7H,1,5-6H2,2H3. The summed E-state index contributed by atoms with van der Waals surface area (Å²) in [5, 5.41) is 0. The van der Waals surface area contributed by atoms with Gasteiger partial charge in [-0.05, 0) is 41.1 Å². The molecule has 102 valence electrons. The molecular formula is C13H12Br2O4. The van der Waals surface area contributed by atoms with Gasteiger partial charge in [-0.2, -0.15) is 0 Å². The molecule has 0 radical (unpaired) electrons. The molecule has 1 rings (SSSR count). The predicted molar refractivity (Wildman–Crippen MR) is 77.9 cm³/mol. The van der Waals surface area contributed by atoms with Crippen LogP contribution in [0.25, 0.3) is 0 Å². The van der Waals surface area contributed by atoms with Crippen LogP contribution in [-0.2, 0) is 14.3 Å². The predicted octanol–water partition coefficient (Wildman–Crippen LogP) is 3.49. The quantitative estimate of drug-likeness (QED) is 0.438. The maximum Gasteiger partial charge on any atom is 0.339 e. The minimum atomic E-state index is -0.500. The second-order valence-corrected chi connectivity index (χ2v) is 5.45. The van der Waals surface area contributed by atoms with Crippen LogP contribution in [0.2, 0.25) is 0 Å². The van der Waals surface area contributed by atoms with E-state index in [0.29, 0.717) is 15.6 Å². The molecule has 1 aromatic carbocycles. The van der Waals surface area contributed by atoms with Gasteiger partial charge in [-0.1, -0.05) is 22.5 Å². The molecule has 0 bridgehead atoms. The number of ether oxygens (including phenoxy) is 2. The molecule has 4 nitrogen and oxygen atoms in total. The fourth-order valence-electron chi connectivity index (χ4n) is 1.12. The SMILES string of the molecule is C=C(C)C(=O)OCCOC(=O)c1cc(Br)ccc1Br. The van der Waals surface area contributed by atoms with Gasteiger partial charge in [-0.3, -0.25) is 0 Å². The van der Waals surface area contributed by atoms with E-state index >= 15 is 0 Å². The van der Waals surface area contributed by atoms with Crippen LogP contribution in [-0.4, -0.2) is 25.2 Å². The molecule has 0 N–H and O–H groups in total. The summed E-state index contributed by atoms with van der Waals surface area (Å²) in [5.41, 5.74) is 0.710. The molecule has 0 saturated heterocycles. The summed E-state index contributed by atoms with van der Waals surface area (Å²) in [7, 11) is 0. The van der Waals surface area contributed by atoms with Gasteiger partial charge >= 0.3 is 11.9 Å². The van der Waals surface area contributed by atoms with E-state index < -0.39 is 11.9 Å². The highest BCUT2D eigenvalue weighted by Gasteiger charge is 2.12. The first-order chi connectivity index (χ1) is 8.91. The van der Waals surface area contributed by atoms with E-state index in [1.807, 2.05) is 0 Å². The van der Waals surface area contributed by atoms with Crippen LogP contribution in [0.5, 0.6) is 0 Å². The first-order valence-corrected chi connectivity index (χ1v) is 6.95. The van der Waals surface area contributed by atoms with Gasteiger partial charge in [0.2, 0.25) is 0 Å². The van der Waals surface area contributed by atoms with Crippen molar-refractivity contribution in [2.45, 2.75) is 6.92 Å². The van der Waals surface area contributed by atoms with Crippen molar-refractivity contribution in [2.24, 2.45) is 0 Å². The fourth-order valence-corrected chi connectivity index (χ4v) is 1.89. The number of carbonyl (C=O) groups excluding carboxylic acids is 2. The Morgan fingerprint density at radius 2 is 1.84 bits per heavy atom. The number of esters is 2. The van der Waals surface area contributed by atoms with Crippen molar-refractivity contribution in [3.8, 4) is 0 Å². The Morgan fingerprint density at radius 1 is 1.21 bits per heavy atom. The Labute approximate surface area is 128 Å². The lowest BCUT2D eigenvalue weighted by Gasteiger charge is -2.07. The highest BCUT2D eigenvalue weighted by molar-refractivity contribution is 9.11. The van der Waals surface area contributed by atoms with E-state index in [1.54, 1.807) is 25.1 Å². The Bertz CT molecular complexity index is 511. The van der Waals surface area contributed by atoms with E-state index in [2.05, 4.69) is 38.4 Å². The normalized spacial score (nSPS) is 9.84. The second kappa shape index (κ2) is 7.45. The number of carbonyl (C=O) groups is 2. The second-order valence-electron chi connectivity index (χ2n) is 3.68. The van der Waals surface area contributed by atoms with Crippen LogP contribution in [0.15, 0.2) is 39.3 Å². The van der Waals surface area contributed by atoms with Crippen LogP contribution >= 0.6 is 31.9 Å². The zero-order valence-corrected chi connectivity index (χ0v) is 13.4. The van der Waals surface area contributed by atoms with Gasteiger partial charge in [0, 0.05) is 14.5 Å². The third-order valence-electron chi connectivity index (χ3n) is 2.05. The van der Waals surface area contributed by atoms with Gasteiger partial charge in [-0.25, -0.2) is 9.59 Å². The van der Waals surface area contributed by atoms with Crippen LogP contribution in [0.1, 0.15) is 17.3 Å². The maximum atomic E-state index is 11.8. The van der Waals surface area contributed by atoms with E-state index in [0.717, 1.165) is 4.47 Å². The zero-order valence-electron chi connectivity index (χ0n) is 10.2.